The molecular weight excluding hydrogens is 321 g/mol. The number of amides is 1. The number of ether oxygens (including phenoxy) is 1. The molecule has 0 bridgehead atoms. The van der Waals surface area contributed by atoms with Crippen molar-refractivity contribution in [2.75, 3.05) is 13.1 Å². The van der Waals surface area contributed by atoms with Crippen LogP contribution in [0.15, 0.2) is 18.3 Å². The Morgan fingerprint density at radius 1 is 1.25 bits per heavy atom. The summed E-state index contributed by atoms with van der Waals surface area (Å²) in [6.45, 7) is 0.840. The van der Waals surface area contributed by atoms with Gasteiger partial charge in [0, 0.05) is 18.7 Å². The standard InChI is InChI=1S/C17H21F3N2O2/c18-17(19,20)13-6-7-21-15(9-13)24-14-10-22(11-14)16(23)8-12-4-2-1-3-5-12/h6-7,9,12,14H,1-5,8,10-11H2. The second-order valence-corrected chi connectivity index (χ2v) is 6.63. The van der Waals surface area contributed by atoms with Gasteiger partial charge in [-0.05, 0) is 24.8 Å². The molecule has 132 valence electrons. The first kappa shape index (κ1) is 17.0. The Bertz CT molecular complexity index is 579. The molecule has 2 aliphatic rings. The predicted octanol–water partition coefficient (Wildman–Crippen LogP) is 3.66. The van der Waals surface area contributed by atoms with E-state index in [1.54, 1.807) is 4.90 Å². The summed E-state index contributed by atoms with van der Waals surface area (Å²) in [4.78, 5) is 17.7. The molecule has 1 saturated carbocycles. The summed E-state index contributed by atoms with van der Waals surface area (Å²) in [6.07, 6.45) is 2.86. The van der Waals surface area contributed by atoms with Crippen molar-refractivity contribution >= 4 is 5.91 Å². The summed E-state index contributed by atoms with van der Waals surface area (Å²) < 4.78 is 43.4. The van der Waals surface area contributed by atoms with E-state index in [0.29, 0.717) is 25.4 Å². The zero-order valence-electron chi connectivity index (χ0n) is 13.4. The fraction of sp³-hybridized carbons (Fsp3) is 0.647. The van der Waals surface area contributed by atoms with Crippen LogP contribution in [0.1, 0.15) is 44.1 Å². The molecule has 1 saturated heterocycles. The molecule has 4 nitrogen and oxygen atoms in total. The van der Waals surface area contributed by atoms with E-state index in [9.17, 15) is 18.0 Å². The Hall–Kier alpha value is -1.79. The first-order valence-corrected chi connectivity index (χ1v) is 8.39. The van der Waals surface area contributed by atoms with Gasteiger partial charge >= 0.3 is 6.18 Å². The predicted molar refractivity (Wildman–Crippen MR) is 81.4 cm³/mol. The van der Waals surface area contributed by atoms with Gasteiger partial charge in [0.1, 0.15) is 6.10 Å². The number of pyridine rings is 1. The minimum atomic E-state index is -4.41. The molecule has 0 radical (unpaired) electrons. The highest BCUT2D eigenvalue weighted by Gasteiger charge is 2.35. The second-order valence-electron chi connectivity index (χ2n) is 6.63. The molecular formula is C17H21F3N2O2. The fourth-order valence-electron chi connectivity index (χ4n) is 3.30. The van der Waals surface area contributed by atoms with Crippen LogP contribution < -0.4 is 4.74 Å². The number of hydrogen-bond acceptors (Lipinski definition) is 3. The van der Waals surface area contributed by atoms with Crippen molar-refractivity contribution in [3.05, 3.63) is 23.9 Å². The Kier molecular flexibility index (Phi) is 4.96. The van der Waals surface area contributed by atoms with Crippen LogP contribution in [-0.2, 0) is 11.0 Å². The van der Waals surface area contributed by atoms with Gasteiger partial charge in [-0.15, -0.1) is 0 Å². The van der Waals surface area contributed by atoms with Crippen LogP contribution in [-0.4, -0.2) is 35.0 Å². The average molecular weight is 342 g/mol. The fourth-order valence-corrected chi connectivity index (χ4v) is 3.30. The number of halogens is 3. The number of hydrogen-bond donors (Lipinski definition) is 0. The van der Waals surface area contributed by atoms with Gasteiger partial charge in [0.15, 0.2) is 0 Å². The monoisotopic (exact) mass is 342 g/mol. The molecule has 2 fully saturated rings. The number of carbonyl (C=O) groups excluding carboxylic acids is 1. The van der Waals surface area contributed by atoms with E-state index in [1.165, 1.54) is 19.3 Å². The van der Waals surface area contributed by atoms with Crippen molar-refractivity contribution in [1.82, 2.24) is 9.88 Å². The minimum Gasteiger partial charge on any atom is -0.471 e. The van der Waals surface area contributed by atoms with Gasteiger partial charge in [-0.2, -0.15) is 13.2 Å². The van der Waals surface area contributed by atoms with E-state index in [-0.39, 0.29) is 17.9 Å². The second kappa shape index (κ2) is 6.99. The van der Waals surface area contributed by atoms with Crippen molar-refractivity contribution < 1.29 is 22.7 Å². The lowest BCUT2D eigenvalue weighted by Crippen LogP contribution is -2.56. The van der Waals surface area contributed by atoms with Crippen LogP contribution >= 0.6 is 0 Å². The first-order chi connectivity index (χ1) is 11.4. The van der Waals surface area contributed by atoms with E-state index < -0.39 is 11.7 Å². The molecule has 24 heavy (non-hydrogen) atoms. The van der Waals surface area contributed by atoms with E-state index >= 15 is 0 Å². The van der Waals surface area contributed by atoms with Crippen LogP contribution in [0, 0.1) is 5.92 Å². The lowest BCUT2D eigenvalue weighted by Gasteiger charge is -2.39. The largest absolute Gasteiger partial charge is 0.471 e. The highest BCUT2D eigenvalue weighted by atomic mass is 19.4. The van der Waals surface area contributed by atoms with Crippen LogP contribution in [0.4, 0.5) is 13.2 Å². The van der Waals surface area contributed by atoms with Crippen LogP contribution in [0.5, 0.6) is 5.88 Å². The van der Waals surface area contributed by atoms with Gasteiger partial charge in [-0.3, -0.25) is 4.79 Å². The van der Waals surface area contributed by atoms with Gasteiger partial charge in [-0.25, -0.2) is 4.98 Å². The Labute approximate surface area is 139 Å². The van der Waals surface area contributed by atoms with Gasteiger partial charge in [0.25, 0.3) is 0 Å². The molecule has 3 rings (SSSR count). The topological polar surface area (TPSA) is 42.4 Å². The quantitative estimate of drug-likeness (QED) is 0.839. The molecule has 7 heteroatoms. The van der Waals surface area contributed by atoms with Gasteiger partial charge in [0.05, 0.1) is 18.7 Å². The summed E-state index contributed by atoms with van der Waals surface area (Å²) in [5.41, 5.74) is -0.781. The normalized spacial score (nSPS) is 19.9. The number of alkyl halides is 3. The molecule has 0 spiro atoms. The van der Waals surface area contributed by atoms with Crippen molar-refractivity contribution in [3.63, 3.8) is 0 Å². The zero-order chi connectivity index (χ0) is 17.2. The maximum atomic E-state index is 12.7. The molecule has 1 amide bonds. The summed E-state index contributed by atoms with van der Waals surface area (Å²) in [5, 5.41) is 0. The van der Waals surface area contributed by atoms with Gasteiger partial charge < -0.3 is 9.64 Å². The number of rotatable bonds is 4. The maximum Gasteiger partial charge on any atom is 0.416 e. The van der Waals surface area contributed by atoms with E-state index in [2.05, 4.69) is 4.98 Å². The molecule has 1 aliphatic carbocycles. The Balaban J connectivity index is 1.46. The molecule has 1 aromatic heterocycles. The highest BCUT2D eigenvalue weighted by Crippen LogP contribution is 2.31. The van der Waals surface area contributed by atoms with Crippen molar-refractivity contribution in [1.29, 1.82) is 0 Å². The van der Waals surface area contributed by atoms with Crippen molar-refractivity contribution in [3.8, 4) is 5.88 Å². The zero-order valence-corrected chi connectivity index (χ0v) is 13.4. The number of carbonyl (C=O) groups is 1. The SMILES string of the molecule is O=C(CC1CCCCC1)N1CC(Oc2cc(C(F)(F)F)ccn2)C1. The maximum absolute atomic E-state index is 12.7. The molecule has 2 heterocycles. The molecule has 1 aliphatic heterocycles. The molecule has 0 aromatic carbocycles. The summed E-state index contributed by atoms with van der Waals surface area (Å²) in [7, 11) is 0. The number of nitrogens with zero attached hydrogens (tertiary/aromatic N) is 2. The summed E-state index contributed by atoms with van der Waals surface area (Å²) in [6, 6.07) is 1.81. The number of aromatic nitrogens is 1. The van der Waals surface area contributed by atoms with Gasteiger partial charge in [-0.1, -0.05) is 19.3 Å². The summed E-state index contributed by atoms with van der Waals surface area (Å²) >= 11 is 0. The lowest BCUT2D eigenvalue weighted by atomic mass is 9.86. The molecule has 1 aromatic rings. The number of likely N-dealkylation sites (tertiary alicyclic amines) is 1. The van der Waals surface area contributed by atoms with Gasteiger partial charge in [0.2, 0.25) is 11.8 Å². The third-order valence-corrected chi connectivity index (χ3v) is 4.74. The van der Waals surface area contributed by atoms with Crippen molar-refractivity contribution in [2.24, 2.45) is 5.92 Å². The highest BCUT2D eigenvalue weighted by molar-refractivity contribution is 5.77. The molecule has 0 atom stereocenters. The van der Waals surface area contributed by atoms with Crippen LogP contribution in [0.2, 0.25) is 0 Å². The Morgan fingerprint density at radius 2 is 1.96 bits per heavy atom. The van der Waals surface area contributed by atoms with Crippen LogP contribution in [0.3, 0.4) is 0 Å². The van der Waals surface area contributed by atoms with Crippen LogP contribution in [0.25, 0.3) is 0 Å². The van der Waals surface area contributed by atoms with E-state index in [4.69, 9.17) is 4.74 Å². The summed E-state index contributed by atoms with van der Waals surface area (Å²) in [5.74, 6) is 0.560. The third-order valence-electron chi connectivity index (χ3n) is 4.74. The lowest BCUT2D eigenvalue weighted by molar-refractivity contribution is -0.141. The first-order valence-electron chi connectivity index (χ1n) is 8.39. The molecule has 0 unspecified atom stereocenters. The average Bonchev–Trinajstić information content (AvgIpc) is 2.51. The smallest absolute Gasteiger partial charge is 0.416 e. The van der Waals surface area contributed by atoms with E-state index in [0.717, 1.165) is 31.2 Å². The Morgan fingerprint density at radius 3 is 2.62 bits per heavy atom. The van der Waals surface area contributed by atoms with E-state index in [1.807, 2.05) is 0 Å². The molecule has 0 N–H and O–H groups in total. The third kappa shape index (κ3) is 4.19. The minimum absolute atomic E-state index is 0.0470. The van der Waals surface area contributed by atoms with Crippen molar-refractivity contribution in [2.45, 2.75) is 50.8 Å².